The Morgan fingerprint density at radius 1 is 0.824 bits per heavy atom. The van der Waals surface area contributed by atoms with Crippen molar-refractivity contribution in [2.24, 2.45) is 4.99 Å². The van der Waals surface area contributed by atoms with Crippen LogP contribution in [0, 0.1) is 23.3 Å². The van der Waals surface area contributed by atoms with Gasteiger partial charge < -0.3 is 4.57 Å². The van der Waals surface area contributed by atoms with Crippen molar-refractivity contribution >= 4 is 30.0 Å². The van der Waals surface area contributed by atoms with Gasteiger partial charge in [-0.1, -0.05) is 41.4 Å². The summed E-state index contributed by atoms with van der Waals surface area (Å²) >= 11 is 6.13. The van der Waals surface area contributed by atoms with Crippen LogP contribution >= 0.6 is 11.1 Å². The molecule has 0 spiro atoms. The molecule has 0 aliphatic heterocycles. The van der Waals surface area contributed by atoms with E-state index in [-0.39, 0.29) is 11.4 Å². The Morgan fingerprint density at radius 2 is 1.26 bits per heavy atom. The smallest absolute Gasteiger partial charge is 0.337 e. The highest BCUT2D eigenvalue weighted by atomic mass is 35.6. The van der Waals surface area contributed by atoms with E-state index in [4.69, 9.17) is 11.1 Å². The van der Waals surface area contributed by atoms with Gasteiger partial charge in [0.15, 0.2) is 23.3 Å². The van der Waals surface area contributed by atoms with Gasteiger partial charge in [0.1, 0.15) is 11.4 Å². The number of aliphatic imine (C=N–C) groups is 1. The molecule has 2 aromatic carbocycles. The largest absolute Gasteiger partial charge is 0.486 e. The molecule has 0 aromatic heterocycles. The van der Waals surface area contributed by atoms with Crippen LogP contribution < -0.4 is 5.19 Å². The fourth-order valence-electron chi connectivity index (χ4n) is 3.28. The summed E-state index contributed by atoms with van der Waals surface area (Å²) in [6, 6.07) is 7.79. The Hall–Kier alpha value is -2.14. The monoisotopic (exact) mass is 530 g/mol. The van der Waals surface area contributed by atoms with Crippen molar-refractivity contribution < 1.29 is 34.8 Å². The molecule has 0 aliphatic carbocycles. The van der Waals surface area contributed by atoms with Crippen LogP contribution in [0.1, 0.15) is 52.7 Å². The van der Waals surface area contributed by atoms with Gasteiger partial charge in [0, 0.05) is 11.1 Å². The van der Waals surface area contributed by atoms with Crippen molar-refractivity contribution in [3.8, 4) is 0 Å². The van der Waals surface area contributed by atoms with E-state index in [1.165, 1.54) is 32.9 Å². The first-order chi connectivity index (χ1) is 15.2. The highest BCUT2D eigenvalue weighted by Gasteiger charge is 2.56. The summed E-state index contributed by atoms with van der Waals surface area (Å²) in [6.45, 7) is 9.15. The van der Waals surface area contributed by atoms with E-state index in [9.17, 15) is 30.7 Å². The molecule has 0 saturated heterocycles. The van der Waals surface area contributed by atoms with Crippen LogP contribution in [-0.2, 0) is 6.18 Å². The van der Waals surface area contributed by atoms with Gasteiger partial charge in [-0.25, -0.2) is 17.6 Å². The highest BCUT2D eigenvalue weighted by Crippen LogP contribution is 2.38. The Bertz CT molecular complexity index is 1060. The fourth-order valence-corrected chi connectivity index (χ4v) is 7.03. The molecule has 0 amide bonds. The molecule has 2 nitrogen and oxygen atoms in total. The van der Waals surface area contributed by atoms with Gasteiger partial charge in [-0.3, -0.25) is 9.10 Å². The van der Waals surface area contributed by atoms with E-state index in [2.05, 4.69) is 4.99 Å². The first-order valence-corrected chi connectivity index (χ1v) is 12.8. The molecule has 1 unspecified atom stereocenters. The number of halogens is 9. The zero-order valence-electron chi connectivity index (χ0n) is 19.2. The summed E-state index contributed by atoms with van der Waals surface area (Å²) in [6.07, 6.45) is -5.77. The predicted octanol–water partition coefficient (Wildman–Crippen LogP) is 6.96. The van der Waals surface area contributed by atoms with E-state index in [0.29, 0.717) is 4.57 Å². The second kappa shape index (κ2) is 9.14. The lowest BCUT2D eigenvalue weighted by Crippen LogP contribution is -2.66. The molecule has 0 heterocycles. The average Bonchev–Trinajstić information content (AvgIpc) is 2.63. The van der Waals surface area contributed by atoms with Gasteiger partial charge >= 0.3 is 14.1 Å². The summed E-state index contributed by atoms with van der Waals surface area (Å²) in [7, 11) is -5.85. The lowest BCUT2D eigenvalue weighted by atomic mass is 10.1. The number of alkyl halides is 3. The fraction of sp³-hybridized carbons (Fsp3) is 0.409. The first kappa shape index (κ1) is 28.1. The molecule has 0 radical (unpaired) electrons. The third-order valence-corrected chi connectivity index (χ3v) is 8.04. The van der Waals surface area contributed by atoms with Gasteiger partial charge in [-0.05, 0) is 41.5 Å². The maximum Gasteiger partial charge on any atom is 0.486 e. The maximum atomic E-state index is 16.5. The lowest BCUT2D eigenvalue weighted by molar-refractivity contribution is -0.143. The SMILES string of the molecule is CC(C)(C)N=C(c1ccccc1)N(C(C)(C)C)[Si](F)(Cl)c1c(F)c(F)c(C(F)(F)F)c(F)c1F. The predicted molar refractivity (Wildman–Crippen MR) is 118 cm³/mol. The summed E-state index contributed by atoms with van der Waals surface area (Å²) in [5, 5.41) is -1.93. The number of hydrogen-bond donors (Lipinski definition) is 0. The Balaban J connectivity index is 2.97. The molecule has 34 heavy (non-hydrogen) atoms. The average molecular weight is 531 g/mol. The first-order valence-electron chi connectivity index (χ1n) is 9.98. The van der Waals surface area contributed by atoms with Crippen LogP contribution in [0.15, 0.2) is 35.3 Å². The second-order valence-electron chi connectivity index (χ2n) is 9.52. The molecular formula is C22H23ClF8N2Si. The standard InChI is InChI=1S/C22H23ClF8N2Si/c1-20(2,3)32-19(12-10-8-7-9-11-12)33(21(4,5)6)34(23,31)18-16(26)14(24)13(22(28,29)30)15(25)17(18)27/h7-11H,1-6H3. The number of hydrogen-bond acceptors (Lipinski definition) is 1. The minimum atomic E-state index is -5.85. The van der Waals surface area contributed by atoms with Crippen molar-refractivity contribution in [1.82, 2.24) is 4.57 Å². The van der Waals surface area contributed by atoms with Crippen molar-refractivity contribution in [1.29, 1.82) is 0 Å². The third kappa shape index (κ3) is 5.56. The van der Waals surface area contributed by atoms with Crippen LogP contribution in [0.5, 0.6) is 0 Å². The Labute approximate surface area is 198 Å². The third-order valence-electron chi connectivity index (χ3n) is 4.48. The van der Waals surface area contributed by atoms with Crippen LogP contribution in [0.2, 0.25) is 0 Å². The number of rotatable bonds is 3. The molecule has 188 valence electrons. The minimum Gasteiger partial charge on any atom is -0.337 e. The van der Waals surface area contributed by atoms with Gasteiger partial charge in [0.25, 0.3) is 0 Å². The minimum absolute atomic E-state index is 0.190. The van der Waals surface area contributed by atoms with Crippen LogP contribution in [0.25, 0.3) is 0 Å². The number of amidine groups is 1. The second-order valence-corrected chi connectivity index (χ2v) is 13.1. The molecule has 0 N–H and O–H groups in total. The van der Waals surface area contributed by atoms with Gasteiger partial charge in [0.2, 0.25) is 0 Å². The Morgan fingerprint density at radius 3 is 1.62 bits per heavy atom. The zero-order valence-corrected chi connectivity index (χ0v) is 20.9. The van der Waals surface area contributed by atoms with Gasteiger partial charge in [-0.2, -0.15) is 13.2 Å². The summed E-state index contributed by atoms with van der Waals surface area (Å²) < 4.78 is 115. The molecule has 1 atom stereocenters. The molecule has 0 aliphatic rings. The molecule has 12 heteroatoms. The summed E-state index contributed by atoms with van der Waals surface area (Å²) in [4.78, 5) is 4.44. The normalized spacial score (nSPS) is 15.3. The van der Waals surface area contributed by atoms with Gasteiger partial charge in [0.05, 0.1) is 10.7 Å². The molecule has 2 aromatic rings. The zero-order chi connectivity index (χ0) is 26.4. The molecule has 2 rings (SSSR count). The van der Waals surface area contributed by atoms with Crippen LogP contribution in [-0.4, -0.2) is 29.4 Å². The topological polar surface area (TPSA) is 15.6 Å². The quantitative estimate of drug-likeness (QED) is 0.105. The van der Waals surface area contributed by atoms with Gasteiger partial charge in [-0.15, -0.1) is 0 Å². The molecular weight excluding hydrogens is 508 g/mol. The van der Waals surface area contributed by atoms with E-state index in [1.807, 2.05) is 0 Å². The van der Waals surface area contributed by atoms with E-state index < -0.39 is 59.2 Å². The lowest BCUT2D eigenvalue weighted by Gasteiger charge is -2.44. The van der Waals surface area contributed by atoms with Crippen molar-refractivity contribution in [3.05, 3.63) is 64.7 Å². The van der Waals surface area contributed by atoms with E-state index in [0.717, 1.165) is 0 Å². The summed E-state index contributed by atoms with van der Waals surface area (Å²) in [5.41, 5.74) is -4.82. The number of nitrogens with zero attached hydrogens (tertiary/aromatic N) is 2. The molecule has 0 saturated carbocycles. The van der Waals surface area contributed by atoms with Crippen molar-refractivity contribution in [2.45, 2.75) is 58.8 Å². The maximum absolute atomic E-state index is 16.5. The van der Waals surface area contributed by atoms with Crippen LogP contribution in [0.4, 0.5) is 34.8 Å². The van der Waals surface area contributed by atoms with Crippen LogP contribution in [0.3, 0.4) is 0 Å². The van der Waals surface area contributed by atoms with Crippen molar-refractivity contribution in [3.63, 3.8) is 0 Å². The highest BCUT2D eigenvalue weighted by molar-refractivity contribution is 7.22. The van der Waals surface area contributed by atoms with Crippen molar-refractivity contribution in [2.75, 3.05) is 0 Å². The number of benzene rings is 2. The summed E-state index contributed by atoms with van der Waals surface area (Å²) in [5.74, 6) is -10.8. The van der Waals surface area contributed by atoms with E-state index >= 15 is 4.11 Å². The van der Waals surface area contributed by atoms with E-state index in [1.54, 1.807) is 39.0 Å². The molecule has 0 bridgehead atoms. The molecule has 0 fully saturated rings. The Kier molecular flexibility index (Phi) is 7.55.